The summed E-state index contributed by atoms with van der Waals surface area (Å²) in [6, 6.07) is 0. The van der Waals surface area contributed by atoms with Crippen molar-refractivity contribution in [3.63, 3.8) is 0 Å². The number of ether oxygens (including phenoxy) is 3. The Balaban J connectivity index is 1.99. The number of methoxy groups -OCH3 is 1. The summed E-state index contributed by atoms with van der Waals surface area (Å²) in [5.74, 6) is -0.409. The Morgan fingerprint density at radius 1 is 0.941 bits per heavy atom. The molecule has 202 valence electrons. The molecule has 1 amide bonds. The topological polar surface area (TPSA) is 117 Å². The molecule has 1 heterocycles. The van der Waals surface area contributed by atoms with Crippen LogP contribution >= 0.6 is 0 Å². The van der Waals surface area contributed by atoms with Gasteiger partial charge in [-0.25, -0.2) is 0 Å². The zero-order valence-corrected chi connectivity index (χ0v) is 21.6. The lowest BCUT2D eigenvalue weighted by molar-refractivity contribution is -0.190. The van der Waals surface area contributed by atoms with Crippen LogP contribution in [0.15, 0.2) is 0 Å². The Morgan fingerprint density at radius 3 is 1.97 bits per heavy atom. The SMILES string of the molecule is CCCCCCCCCCCCCCCCOCC(OC)C(=O)N[C@H]1C[C@@H](O)[C@H](O)[C@@H](CO)O1. The van der Waals surface area contributed by atoms with Crippen LogP contribution in [-0.2, 0) is 19.0 Å². The summed E-state index contributed by atoms with van der Waals surface area (Å²) in [6.45, 7) is 2.54. The van der Waals surface area contributed by atoms with E-state index in [-0.39, 0.29) is 13.0 Å². The highest BCUT2D eigenvalue weighted by Gasteiger charge is 2.37. The number of amides is 1. The summed E-state index contributed by atoms with van der Waals surface area (Å²) < 4.78 is 16.3. The Kier molecular flexibility index (Phi) is 18.8. The molecule has 1 rings (SSSR count). The predicted octanol–water partition coefficient (Wildman–Crippen LogP) is 3.44. The van der Waals surface area contributed by atoms with Crippen LogP contribution in [0.1, 0.15) is 103 Å². The minimum atomic E-state index is -1.18. The molecule has 5 atom stereocenters. The second-order valence-electron chi connectivity index (χ2n) is 9.54. The van der Waals surface area contributed by atoms with Crippen LogP contribution in [0.3, 0.4) is 0 Å². The molecule has 8 nitrogen and oxygen atoms in total. The average molecular weight is 490 g/mol. The molecule has 1 aliphatic rings. The first-order valence-electron chi connectivity index (χ1n) is 13.6. The summed E-state index contributed by atoms with van der Waals surface area (Å²) in [7, 11) is 1.44. The van der Waals surface area contributed by atoms with Gasteiger partial charge in [-0.1, -0.05) is 90.4 Å². The van der Waals surface area contributed by atoms with Crippen LogP contribution in [0.25, 0.3) is 0 Å². The van der Waals surface area contributed by atoms with Crippen molar-refractivity contribution in [3.8, 4) is 0 Å². The zero-order valence-electron chi connectivity index (χ0n) is 21.6. The maximum atomic E-state index is 12.4. The van der Waals surface area contributed by atoms with E-state index in [0.717, 1.165) is 12.8 Å². The number of aliphatic hydroxyl groups is 3. The molecule has 0 aromatic heterocycles. The second-order valence-corrected chi connectivity index (χ2v) is 9.54. The highest BCUT2D eigenvalue weighted by atomic mass is 16.5. The molecule has 1 aliphatic heterocycles. The van der Waals surface area contributed by atoms with Crippen molar-refractivity contribution in [2.45, 2.75) is 134 Å². The lowest BCUT2D eigenvalue weighted by Gasteiger charge is -2.36. The molecule has 1 unspecified atom stereocenters. The van der Waals surface area contributed by atoms with Crippen molar-refractivity contribution in [1.29, 1.82) is 0 Å². The minimum absolute atomic E-state index is 0.0414. The monoisotopic (exact) mass is 489 g/mol. The molecule has 0 aliphatic carbocycles. The normalized spacial score (nSPS) is 23.7. The molecule has 1 fully saturated rings. The lowest BCUT2D eigenvalue weighted by atomic mass is 10.0. The number of unbranched alkanes of at least 4 members (excludes halogenated alkanes) is 13. The van der Waals surface area contributed by atoms with E-state index in [1.165, 1.54) is 84.2 Å². The van der Waals surface area contributed by atoms with Crippen molar-refractivity contribution in [1.82, 2.24) is 5.32 Å². The van der Waals surface area contributed by atoms with Gasteiger partial charge in [-0.3, -0.25) is 4.79 Å². The number of hydrogen-bond acceptors (Lipinski definition) is 7. The molecule has 0 aromatic rings. The Bertz CT molecular complexity index is 494. The third-order valence-corrected chi connectivity index (χ3v) is 6.54. The number of nitrogens with one attached hydrogen (secondary N) is 1. The Hall–Kier alpha value is -0.770. The van der Waals surface area contributed by atoms with E-state index in [9.17, 15) is 20.1 Å². The van der Waals surface area contributed by atoms with Crippen LogP contribution in [0.5, 0.6) is 0 Å². The van der Waals surface area contributed by atoms with Crippen molar-refractivity contribution < 1.29 is 34.3 Å². The predicted molar refractivity (Wildman–Crippen MR) is 132 cm³/mol. The van der Waals surface area contributed by atoms with Gasteiger partial charge >= 0.3 is 0 Å². The number of rotatable bonds is 21. The number of hydrogen-bond donors (Lipinski definition) is 4. The summed E-state index contributed by atoms with van der Waals surface area (Å²) in [4.78, 5) is 12.4. The van der Waals surface area contributed by atoms with Gasteiger partial charge in [0.1, 0.15) is 18.4 Å². The van der Waals surface area contributed by atoms with Gasteiger partial charge in [-0.2, -0.15) is 0 Å². The fourth-order valence-electron chi connectivity index (χ4n) is 4.29. The molecule has 0 spiro atoms. The third kappa shape index (κ3) is 14.0. The van der Waals surface area contributed by atoms with Crippen molar-refractivity contribution in [2.24, 2.45) is 0 Å². The standard InChI is InChI=1S/C26H51NO7/c1-3-4-5-6-7-8-9-10-11-12-13-14-15-16-17-33-20-23(32-2)26(31)27-24-18-21(29)25(30)22(19-28)34-24/h21-25,28-30H,3-20H2,1-2H3,(H,27,31)/t21-,22-,23?,24-,25+/m1/s1. The first-order chi connectivity index (χ1) is 16.5. The second kappa shape index (κ2) is 20.4. The molecule has 4 N–H and O–H groups in total. The van der Waals surface area contributed by atoms with E-state index in [1.54, 1.807) is 0 Å². The first kappa shape index (κ1) is 31.3. The summed E-state index contributed by atoms with van der Waals surface area (Å²) in [5, 5.41) is 31.5. The third-order valence-electron chi connectivity index (χ3n) is 6.54. The molecule has 0 bridgehead atoms. The van der Waals surface area contributed by atoms with Gasteiger partial charge in [-0.05, 0) is 6.42 Å². The van der Waals surface area contributed by atoms with Crippen LogP contribution in [0.2, 0.25) is 0 Å². The number of carbonyl (C=O) groups is 1. The van der Waals surface area contributed by atoms with Crippen molar-refractivity contribution in [3.05, 3.63) is 0 Å². The molecule has 0 aromatic carbocycles. The highest BCUT2D eigenvalue weighted by Crippen LogP contribution is 2.19. The van der Waals surface area contributed by atoms with Crippen LogP contribution in [0.4, 0.5) is 0 Å². The van der Waals surface area contributed by atoms with Gasteiger partial charge in [0.2, 0.25) is 0 Å². The highest BCUT2D eigenvalue weighted by molar-refractivity contribution is 5.81. The van der Waals surface area contributed by atoms with Crippen molar-refractivity contribution in [2.75, 3.05) is 26.9 Å². The maximum Gasteiger partial charge on any atom is 0.253 e. The van der Waals surface area contributed by atoms with Gasteiger partial charge in [0, 0.05) is 20.1 Å². The average Bonchev–Trinajstić information content (AvgIpc) is 2.83. The van der Waals surface area contributed by atoms with Gasteiger partial charge < -0.3 is 34.8 Å². The first-order valence-corrected chi connectivity index (χ1v) is 13.6. The van der Waals surface area contributed by atoms with Gasteiger partial charge in [0.25, 0.3) is 5.91 Å². The Labute approximate surface area is 206 Å². The molecule has 8 heteroatoms. The van der Waals surface area contributed by atoms with Crippen LogP contribution in [-0.4, -0.2) is 78.8 Å². The van der Waals surface area contributed by atoms with E-state index in [2.05, 4.69) is 12.2 Å². The fourth-order valence-corrected chi connectivity index (χ4v) is 4.29. The molecule has 0 radical (unpaired) electrons. The fraction of sp³-hybridized carbons (Fsp3) is 0.962. The Morgan fingerprint density at radius 2 is 1.47 bits per heavy atom. The van der Waals surface area contributed by atoms with Gasteiger partial charge in [0.05, 0.1) is 19.3 Å². The number of carbonyl (C=O) groups excluding carboxylic acids is 1. The van der Waals surface area contributed by atoms with E-state index in [0.29, 0.717) is 6.61 Å². The smallest absolute Gasteiger partial charge is 0.253 e. The van der Waals surface area contributed by atoms with Crippen molar-refractivity contribution >= 4 is 5.91 Å². The maximum absolute atomic E-state index is 12.4. The molecule has 34 heavy (non-hydrogen) atoms. The van der Waals surface area contributed by atoms with Crippen LogP contribution < -0.4 is 5.32 Å². The van der Waals surface area contributed by atoms with Gasteiger partial charge in [0.15, 0.2) is 6.10 Å². The van der Waals surface area contributed by atoms with E-state index in [1.807, 2.05) is 0 Å². The lowest BCUT2D eigenvalue weighted by Crippen LogP contribution is -2.56. The van der Waals surface area contributed by atoms with Crippen LogP contribution in [0, 0.1) is 0 Å². The largest absolute Gasteiger partial charge is 0.394 e. The summed E-state index contributed by atoms with van der Waals surface area (Å²) in [5.41, 5.74) is 0. The minimum Gasteiger partial charge on any atom is -0.394 e. The summed E-state index contributed by atoms with van der Waals surface area (Å²) in [6.07, 6.45) is 13.5. The quantitative estimate of drug-likeness (QED) is 0.182. The molecule has 0 saturated carbocycles. The van der Waals surface area contributed by atoms with E-state index < -0.39 is 43.2 Å². The molecular weight excluding hydrogens is 438 g/mol. The number of aliphatic hydroxyl groups excluding tert-OH is 3. The summed E-state index contributed by atoms with van der Waals surface area (Å²) >= 11 is 0. The molecule has 1 saturated heterocycles. The zero-order chi connectivity index (χ0) is 25.0. The van der Waals surface area contributed by atoms with E-state index >= 15 is 0 Å². The van der Waals surface area contributed by atoms with Gasteiger partial charge in [-0.15, -0.1) is 0 Å². The van der Waals surface area contributed by atoms with E-state index in [4.69, 9.17) is 14.2 Å². The molecular formula is C26H51NO7.